The number of carbonyl (C=O) groups is 1. The van der Waals surface area contributed by atoms with E-state index in [1.807, 2.05) is 4.90 Å². The number of aromatic nitrogens is 2. The maximum Gasteiger partial charge on any atom is 0.250 e. The van der Waals surface area contributed by atoms with Crippen molar-refractivity contribution < 1.29 is 13.2 Å². The topological polar surface area (TPSA) is 104 Å². The molecule has 2 aromatic rings. The standard InChI is InChI=1S/C15H19N5O3S2/c21-13(10-18-25(22,23)14-5-2-9-24-14)19-12-4-1-8-20(11-12)15-16-6-3-7-17-15/h2-3,5-7,9,12,18H,1,4,8,10-11H2,(H,19,21). The van der Waals surface area contributed by atoms with Gasteiger partial charge in [-0.2, -0.15) is 0 Å². The second-order valence-corrected chi connectivity index (χ2v) is 8.60. The van der Waals surface area contributed by atoms with Crippen molar-refractivity contribution in [2.45, 2.75) is 23.1 Å². The van der Waals surface area contributed by atoms with E-state index in [0.717, 1.165) is 30.7 Å². The predicted molar refractivity (Wildman–Crippen MR) is 94.9 cm³/mol. The lowest BCUT2D eigenvalue weighted by Gasteiger charge is -2.33. The van der Waals surface area contributed by atoms with Crippen molar-refractivity contribution >= 4 is 33.2 Å². The minimum Gasteiger partial charge on any atom is -0.350 e. The van der Waals surface area contributed by atoms with Gasteiger partial charge < -0.3 is 10.2 Å². The van der Waals surface area contributed by atoms with Crippen LogP contribution in [0.2, 0.25) is 0 Å². The molecule has 1 saturated heterocycles. The molecular weight excluding hydrogens is 362 g/mol. The molecule has 1 fully saturated rings. The molecule has 1 amide bonds. The fourth-order valence-corrected chi connectivity index (χ4v) is 4.68. The van der Waals surface area contributed by atoms with E-state index in [1.165, 1.54) is 6.07 Å². The van der Waals surface area contributed by atoms with Gasteiger partial charge in [0, 0.05) is 31.5 Å². The number of carbonyl (C=O) groups excluding carboxylic acids is 1. The van der Waals surface area contributed by atoms with Gasteiger partial charge in [0.15, 0.2) is 0 Å². The Hall–Kier alpha value is -2.04. The molecule has 3 rings (SSSR count). The van der Waals surface area contributed by atoms with Crippen LogP contribution in [0.1, 0.15) is 12.8 Å². The summed E-state index contributed by atoms with van der Waals surface area (Å²) in [6.45, 7) is 1.16. The first-order valence-corrected chi connectivity index (χ1v) is 10.3. The van der Waals surface area contributed by atoms with Crippen molar-refractivity contribution in [1.82, 2.24) is 20.0 Å². The first-order chi connectivity index (χ1) is 12.0. The average molecular weight is 381 g/mol. The van der Waals surface area contributed by atoms with E-state index < -0.39 is 10.0 Å². The van der Waals surface area contributed by atoms with Gasteiger partial charge in [-0.05, 0) is 30.4 Å². The predicted octanol–water partition coefficient (Wildman–Crippen LogP) is 0.602. The summed E-state index contributed by atoms with van der Waals surface area (Å²) in [4.78, 5) is 22.6. The van der Waals surface area contributed by atoms with Crippen LogP contribution in [-0.2, 0) is 14.8 Å². The summed E-state index contributed by atoms with van der Waals surface area (Å²) in [6, 6.07) is 4.86. The van der Waals surface area contributed by atoms with Crippen molar-refractivity contribution in [3.63, 3.8) is 0 Å². The second-order valence-electron chi connectivity index (χ2n) is 5.66. The quantitative estimate of drug-likeness (QED) is 0.759. The van der Waals surface area contributed by atoms with Gasteiger partial charge in [-0.25, -0.2) is 23.1 Å². The zero-order chi connectivity index (χ0) is 17.7. The highest BCUT2D eigenvalue weighted by Gasteiger charge is 2.23. The lowest BCUT2D eigenvalue weighted by Crippen LogP contribution is -2.50. The number of piperidine rings is 1. The summed E-state index contributed by atoms with van der Waals surface area (Å²) in [5, 5.41) is 4.55. The van der Waals surface area contributed by atoms with Gasteiger partial charge >= 0.3 is 0 Å². The molecule has 25 heavy (non-hydrogen) atoms. The lowest BCUT2D eigenvalue weighted by molar-refractivity contribution is -0.120. The first kappa shape index (κ1) is 17.8. The Morgan fingerprint density at radius 3 is 2.84 bits per heavy atom. The van der Waals surface area contributed by atoms with Crippen LogP contribution in [-0.4, -0.2) is 50.0 Å². The number of hydrogen-bond acceptors (Lipinski definition) is 7. The van der Waals surface area contributed by atoms with E-state index >= 15 is 0 Å². The Morgan fingerprint density at radius 1 is 1.32 bits per heavy atom. The van der Waals surface area contributed by atoms with Crippen LogP contribution in [0.25, 0.3) is 0 Å². The molecular formula is C15H19N5O3S2. The molecule has 1 aliphatic heterocycles. The average Bonchev–Trinajstić information content (AvgIpc) is 3.17. The summed E-state index contributed by atoms with van der Waals surface area (Å²) in [6.07, 6.45) is 5.12. The van der Waals surface area contributed by atoms with Crippen molar-refractivity contribution in [2.75, 3.05) is 24.5 Å². The zero-order valence-electron chi connectivity index (χ0n) is 13.5. The monoisotopic (exact) mass is 381 g/mol. The van der Waals surface area contributed by atoms with Gasteiger partial charge in [0.2, 0.25) is 11.9 Å². The second kappa shape index (κ2) is 7.89. The SMILES string of the molecule is O=C(CNS(=O)(=O)c1cccs1)NC1CCCN(c2ncccn2)C1. The summed E-state index contributed by atoms with van der Waals surface area (Å²) in [5.74, 6) is 0.292. The van der Waals surface area contributed by atoms with Crippen LogP contribution in [0.3, 0.4) is 0 Å². The van der Waals surface area contributed by atoms with Crippen molar-refractivity contribution in [3.05, 3.63) is 36.0 Å². The van der Waals surface area contributed by atoms with Crippen molar-refractivity contribution in [2.24, 2.45) is 0 Å². The Labute approximate surface area is 150 Å². The third-order valence-electron chi connectivity index (χ3n) is 3.80. The fourth-order valence-electron chi connectivity index (χ4n) is 2.66. The maximum absolute atomic E-state index is 12.1. The van der Waals surface area contributed by atoms with Gasteiger partial charge in [-0.1, -0.05) is 6.07 Å². The highest BCUT2D eigenvalue weighted by atomic mass is 32.2. The molecule has 2 N–H and O–H groups in total. The molecule has 1 unspecified atom stereocenters. The van der Waals surface area contributed by atoms with Gasteiger partial charge in [0.1, 0.15) is 4.21 Å². The van der Waals surface area contributed by atoms with Crippen LogP contribution >= 0.6 is 11.3 Å². The van der Waals surface area contributed by atoms with Crippen molar-refractivity contribution in [3.8, 4) is 0 Å². The fraction of sp³-hybridized carbons (Fsp3) is 0.400. The molecule has 10 heteroatoms. The Kier molecular flexibility index (Phi) is 5.61. The summed E-state index contributed by atoms with van der Waals surface area (Å²) < 4.78 is 26.6. The normalized spacial score (nSPS) is 18.1. The number of rotatable bonds is 6. The van der Waals surface area contributed by atoms with Gasteiger partial charge in [-0.15, -0.1) is 11.3 Å². The number of amides is 1. The molecule has 0 aliphatic carbocycles. The van der Waals surface area contributed by atoms with Gasteiger partial charge in [0.05, 0.1) is 6.54 Å². The molecule has 2 aromatic heterocycles. The first-order valence-electron chi connectivity index (χ1n) is 7.89. The van der Waals surface area contributed by atoms with E-state index in [0.29, 0.717) is 12.5 Å². The Bertz CT molecular complexity index is 796. The molecule has 0 aromatic carbocycles. The number of anilines is 1. The summed E-state index contributed by atoms with van der Waals surface area (Å²) >= 11 is 1.11. The maximum atomic E-state index is 12.1. The van der Waals surface area contributed by atoms with E-state index in [1.54, 1.807) is 29.9 Å². The van der Waals surface area contributed by atoms with Crippen LogP contribution in [0.4, 0.5) is 5.95 Å². The van der Waals surface area contributed by atoms with Crippen LogP contribution < -0.4 is 14.9 Å². The van der Waals surface area contributed by atoms with E-state index in [-0.39, 0.29) is 22.7 Å². The molecule has 0 bridgehead atoms. The molecule has 1 aliphatic rings. The molecule has 0 radical (unpaired) electrons. The Balaban J connectivity index is 1.51. The number of hydrogen-bond donors (Lipinski definition) is 2. The molecule has 3 heterocycles. The van der Waals surface area contributed by atoms with Crippen molar-refractivity contribution in [1.29, 1.82) is 0 Å². The Morgan fingerprint density at radius 2 is 2.12 bits per heavy atom. The molecule has 0 spiro atoms. The largest absolute Gasteiger partial charge is 0.350 e. The summed E-state index contributed by atoms with van der Waals surface area (Å²) in [7, 11) is -3.63. The smallest absolute Gasteiger partial charge is 0.250 e. The van der Waals surface area contributed by atoms with E-state index in [4.69, 9.17) is 0 Å². The van der Waals surface area contributed by atoms with E-state index in [9.17, 15) is 13.2 Å². The third kappa shape index (κ3) is 4.74. The summed E-state index contributed by atoms with van der Waals surface area (Å²) in [5.41, 5.74) is 0. The molecule has 8 nitrogen and oxygen atoms in total. The van der Waals surface area contributed by atoms with Crippen LogP contribution in [0, 0.1) is 0 Å². The number of thiophene rings is 1. The molecule has 134 valence electrons. The molecule has 1 atom stereocenters. The highest BCUT2D eigenvalue weighted by molar-refractivity contribution is 7.91. The van der Waals surface area contributed by atoms with Crippen LogP contribution in [0.15, 0.2) is 40.2 Å². The minimum atomic E-state index is -3.63. The van der Waals surface area contributed by atoms with E-state index in [2.05, 4.69) is 20.0 Å². The highest BCUT2D eigenvalue weighted by Crippen LogP contribution is 2.16. The minimum absolute atomic E-state index is 0.0590. The van der Waals surface area contributed by atoms with Crippen LogP contribution in [0.5, 0.6) is 0 Å². The number of nitrogens with zero attached hydrogens (tertiary/aromatic N) is 3. The molecule has 0 saturated carbocycles. The number of nitrogens with one attached hydrogen (secondary N) is 2. The zero-order valence-corrected chi connectivity index (χ0v) is 15.1. The van der Waals surface area contributed by atoms with Gasteiger partial charge in [0.25, 0.3) is 10.0 Å². The third-order valence-corrected chi connectivity index (χ3v) is 6.60. The number of sulfonamides is 1. The lowest BCUT2D eigenvalue weighted by atomic mass is 10.1. The van der Waals surface area contributed by atoms with Gasteiger partial charge in [-0.3, -0.25) is 4.79 Å².